The molecule has 1 aromatic carbocycles. The van der Waals surface area contributed by atoms with Crippen LogP contribution in [0.4, 0.5) is 0 Å². The first kappa shape index (κ1) is 17.8. The van der Waals surface area contributed by atoms with Gasteiger partial charge in [0.2, 0.25) is 0 Å². The number of aryl methyl sites for hydroxylation is 1. The molecular weight excluding hydrogens is 316 g/mol. The summed E-state index contributed by atoms with van der Waals surface area (Å²) < 4.78 is 6.08. The van der Waals surface area contributed by atoms with Crippen LogP contribution in [0.25, 0.3) is 11.0 Å². The number of aromatic hydroxyl groups is 2. The predicted octanol–water partition coefficient (Wildman–Crippen LogP) is 5.32. The van der Waals surface area contributed by atoms with Gasteiger partial charge in [-0.15, -0.1) is 0 Å². The summed E-state index contributed by atoms with van der Waals surface area (Å²) in [4.78, 5) is 11.5. The molecule has 0 spiro atoms. The largest absolute Gasteiger partial charge is 0.504 e. The van der Waals surface area contributed by atoms with E-state index in [-0.39, 0.29) is 29.9 Å². The van der Waals surface area contributed by atoms with Crippen LogP contribution in [0.3, 0.4) is 0 Å². The Morgan fingerprint density at radius 1 is 1.28 bits per heavy atom. The van der Waals surface area contributed by atoms with E-state index in [0.29, 0.717) is 23.7 Å². The van der Waals surface area contributed by atoms with Crippen molar-refractivity contribution in [2.45, 2.75) is 65.2 Å². The molecule has 4 nitrogen and oxygen atoms in total. The zero-order valence-corrected chi connectivity index (χ0v) is 14.3. The molecule has 0 bridgehead atoms. The van der Waals surface area contributed by atoms with E-state index in [2.05, 4.69) is 13.8 Å². The highest BCUT2D eigenvalue weighted by Crippen LogP contribution is 2.54. The van der Waals surface area contributed by atoms with Crippen LogP contribution >= 0.6 is 0 Å². The Balaban J connectivity index is 0.00000182. The Morgan fingerprint density at radius 2 is 2.04 bits per heavy atom. The van der Waals surface area contributed by atoms with Crippen molar-refractivity contribution in [3.05, 3.63) is 23.0 Å². The molecule has 2 N–H and O–H groups in total. The molecule has 3 unspecified atom stereocenters. The van der Waals surface area contributed by atoms with E-state index in [1.807, 2.05) is 0 Å². The van der Waals surface area contributed by atoms with E-state index in [9.17, 15) is 15.0 Å². The maximum absolute atomic E-state index is 11.5. The second-order valence-electron chi connectivity index (χ2n) is 7.84. The average molecular weight is 344 g/mol. The SMILES string of the molecule is C.CC1CCCC2(C)c3c(oc4c(C=O)c(O)c(O)cc34)CCCC12. The molecule has 3 atom stereocenters. The standard InChI is InChI=1S/C20H24O4.CH4/c1-11-5-4-8-20(2)14(11)6-3-7-16-17(20)12-9-15(22)18(23)13(10-21)19(12)24-16;/h9-11,14,22-23H,3-8H2,1-2H3;1H4. The van der Waals surface area contributed by atoms with Gasteiger partial charge < -0.3 is 14.6 Å². The van der Waals surface area contributed by atoms with Gasteiger partial charge >= 0.3 is 0 Å². The van der Waals surface area contributed by atoms with Crippen molar-refractivity contribution in [1.29, 1.82) is 0 Å². The lowest BCUT2D eigenvalue weighted by Gasteiger charge is -2.45. The third kappa shape index (κ3) is 2.37. The summed E-state index contributed by atoms with van der Waals surface area (Å²) in [5, 5.41) is 20.9. The quantitative estimate of drug-likeness (QED) is 0.542. The fourth-order valence-electron chi connectivity index (χ4n) is 5.39. The maximum atomic E-state index is 11.5. The van der Waals surface area contributed by atoms with E-state index in [0.717, 1.165) is 36.0 Å². The topological polar surface area (TPSA) is 70.7 Å². The van der Waals surface area contributed by atoms with Crippen molar-refractivity contribution in [3.63, 3.8) is 0 Å². The number of aldehydes is 1. The molecule has 1 heterocycles. The highest BCUT2D eigenvalue weighted by atomic mass is 16.3. The van der Waals surface area contributed by atoms with Crippen molar-refractivity contribution in [2.75, 3.05) is 0 Å². The van der Waals surface area contributed by atoms with Crippen LogP contribution in [0, 0.1) is 11.8 Å². The molecule has 0 radical (unpaired) electrons. The minimum absolute atomic E-state index is 0. The molecule has 4 heteroatoms. The summed E-state index contributed by atoms with van der Waals surface area (Å²) in [5.74, 6) is 1.54. The first-order valence-corrected chi connectivity index (χ1v) is 8.93. The van der Waals surface area contributed by atoms with Gasteiger partial charge in [-0.1, -0.05) is 34.1 Å². The van der Waals surface area contributed by atoms with Gasteiger partial charge in [-0.25, -0.2) is 0 Å². The van der Waals surface area contributed by atoms with Crippen molar-refractivity contribution in [2.24, 2.45) is 11.8 Å². The van der Waals surface area contributed by atoms with Gasteiger partial charge in [-0.05, 0) is 42.6 Å². The molecule has 1 aromatic heterocycles. The van der Waals surface area contributed by atoms with Gasteiger partial charge in [0.05, 0.1) is 0 Å². The summed E-state index contributed by atoms with van der Waals surface area (Å²) in [7, 11) is 0. The Labute approximate surface area is 148 Å². The summed E-state index contributed by atoms with van der Waals surface area (Å²) in [6.07, 6.45) is 7.23. The second kappa shape index (κ2) is 6.08. The highest BCUT2D eigenvalue weighted by Gasteiger charge is 2.46. The fourth-order valence-corrected chi connectivity index (χ4v) is 5.39. The van der Waals surface area contributed by atoms with Crippen molar-refractivity contribution in [1.82, 2.24) is 0 Å². The Kier molecular flexibility index (Phi) is 4.34. The molecule has 0 aliphatic heterocycles. The molecule has 1 saturated carbocycles. The normalized spacial score (nSPS) is 28.6. The minimum atomic E-state index is -0.389. The number of phenolic OH excluding ortho intramolecular Hbond substituents is 2. The van der Waals surface area contributed by atoms with Crippen molar-refractivity contribution in [3.8, 4) is 11.5 Å². The molecule has 1 fully saturated rings. The van der Waals surface area contributed by atoms with Gasteiger partial charge in [0.1, 0.15) is 16.9 Å². The van der Waals surface area contributed by atoms with E-state index >= 15 is 0 Å². The lowest BCUT2D eigenvalue weighted by atomic mass is 9.59. The van der Waals surface area contributed by atoms with Crippen LogP contribution in [0.15, 0.2) is 10.5 Å². The van der Waals surface area contributed by atoms with Crippen LogP contribution in [0.2, 0.25) is 0 Å². The molecule has 0 amide bonds. The van der Waals surface area contributed by atoms with Gasteiger partial charge in [0, 0.05) is 17.4 Å². The minimum Gasteiger partial charge on any atom is -0.504 e. The number of phenols is 2. The van der Waals surface area contributed by atoms with Crippen molar-refractivity contribution >= 4 is 17.3 Å². The number of furan rings is 1. The molecule has 0 saturated heterocycles. The number of hydrogen-bond donors (Lipinski definition) is 2. The Bertz CT molecular complexity index is 819. The molecule has 2 aliphatic rings. The fraction of sp³-hybridized carbons (Fsp3) is 0.571. The van der Waals surface area contributed by atoms with E-state index in [1.165, 1.54) is 19.3 Å². The molecule has 4 rings (SSSR count). The summed E-state index contributed by atoms with van der Waals surface area (Å²) in [6, 6.07) is 1.58. The number of rotatable bonds is 1. The van der Waals surface area contributed by atoms with Crippen LogP contribution in [-0.2, 0) is 11.8 Å². The number of carbonyl (C=O) groups is 1. The van der Waals surface area contributed by atoms with Crippen LogP contribution in [0.1, 0.15) is 75.1 Å². The maximum Gasteiger partial charge on any atom is 0.172 e. The third-order valence-electron chi connectivity index (χ3n) is 6.51. The monoisotopic (exact) mass is 344 g/mol. The first-order valence-electron chi connectivity index (χ1n) is 8.93. The second-order valence-corrected chi connectivity index (χ2v) is 7.84. The van der Waals surface area contributed by atoms with Gasteiger partial charge in [0.25, 0.3) is 0 Å². The molecule has 25 heavy (non-hydrogen) atoms. The van der Waals surface area contributed by atoms with E-state index < -0.39 is 0 Å². The van der Waals surface area contributed by atoms with E-state index in [4.69, 9.17) is 4.42 Å². The molecule has 136 valence electrons. The van der Waals surface area contributed by atoms with Crippen LogP contribution in [0.5, 0.6) is 11.5 Å². The summed E-state index contributed by atoms with van der Waals surface area (Å²) in [5.41, 5.74) is 1.63. The Morgan fingerprint density at radius 3 is 2.76 bits per heavy atom. The zero-order valence-electron chi connectivity index (χ0n) is 14.3. The van der Waals surface area contributed by atoms with Crippen LogP contribution in [-0.4, -0.2) is 16.5 Å². The lowest BCUT2D eigenvalue weighted by molar-refractivity contribution is 0.112. The van der Waals surface area contributed by atoms with Gasteiger partial charge in [0.15, 0.2) is 17.8 Å². The third-order valence-corrected chi connectivity index (χ3v) is 6.51. The molecule has 2 aliphatic carbocycles. The first-order chi connectivity index (χ1) is 11.5. The number of hydrogen-bond acceptors (Lipinski definition) is 4. The van der Waals surface area contributed by atoms with Gasteiger partial charge in [-0.2, -0.15) is 0 Å². The predicted molar refractivity (Wildman–Crippen MR) is 98.5 cm³/mol. The smallest absolute Gasteiger partial charge is 0.172 e. The summed E-state index contributed by atoms with van der Waals surface area (Å²) in [6.45, 7) is 4.66. The zero-order chi connectivity index (χ0) is 17.1. The Hall–Kier alpha value is -1.97. The number of fused-ring (bicyclic) bond motifs is 5. The number of carbonyl (C=O) groups excluding carboxylic acids is 1. The molecule has 2 aromatic rings. The van der Waals surface area contributed by atoms with Gasteiger partial charge in [-0.3, -0.25) is 4.79 Å². The van der Waals surface area contributed by atoms with Crippen LogP contribution < -0.4 is 0 Å². The molecular formula is C21H28O4. The summed E-state index contributed by atoms with van der Waals surface area (Å²) >= 11 is 0. The average Bonchev–Trinajstić information content (AvgIpc) is 2.82. The number of benzene rings is 1. The van der Waals surface area contributed by atoms with E-state index in [1.54, 1.807) is 6.07 Å². The van der Waals surface area contributed by atoms with Crippen molar-refractivity contribution < 1.29 is 19.4 Å². The highest BCUT2D eigenvalue weighted by molar-refractivity contribution is 6.01. The lowest BCUT2D eigenvalue weighted by Crippen LogP contribution is -2.39.